The van der Waals surface area contributed by atoms with Crippen molar-refractivity contribution < 1.29 is 31.5 Å². The zero-order valence-corrected chi connectivity index (χ0v) is 15.4. The Morgan fingerprint density at radius 2 is 1.61 bits per heavy atom. The van der Waals surface area contributed by atoms with Crippen molar-refractivity contribution in [3.05, 3.63) is 64.0 Å². The Morgan fingerprint density at radius 1 is 1.04 bits per heavy atom. The zero-order valence-electron chi connectivity index (χ0n) is 15.4. The van der Waals surface area contributed by atoms with Gasteiger partial charge >= 0.3 is 0 Å². The van der Waals surface area contributed by atoms with Gasteiger partial charge in [-0.25, -0.2) is 22.0 Å². The first kappa shape index (κ1) is 20.1. The molecule has 0 spiro atoms. The Labute approximate surface area is 158 Å². The second-order valence-electron chi connectivity index (χ2n) is 7.67. The highest BCUT2D eigenvalue weighted by Gasteiger charge is 2.31. The molecule has 2 aromatic carbocycles. The van der Waals surface area contributed by atoms with Crippen LogP contribution in [0.4, 0.5) is 22.0 Å². The van der Waals surface area contributed by atoms with Gasteiger partial charge in [0.1, 0.15) is 17.4 Å². The molecule has 0 bridgehead atoms. The summed E-state index contributed by atoms with van der Waals surface area (Å²) in [5.41, 5.74) is 0.443. The van der Waals surface area contributed by atoms with Crippen molar-refractivity contribution in [3.63, 3.8) is 0 Å². The van der Waals surface area contributed by atoms with Gasteiger partial charge in [-0.1, -0.05) is 32.9 Å². The van der Waals surface area contributed by atoms with E-state index in [0.717, 1.165) is 11.1 Å². The quantitative estimate of drug-likeness (QED) is 0.472. The molecule has 150 valence electrons. The lowest BCUT2D eigenvalue weighted by Crippen LogP contribution is -2.35. The SMILES string of the molecule is CC(C)(C)c1ccc2c(c1)CC(CNC(=O)c1c(F)c(F)c(F)c(F)c1F)O2. The number of benzene rings is 2. The number of amides is 1. The van der Waals surface area contributed by atoms with Gasteiger partial charge in [0, 0.05) is 6.42 Å². The lowest BCUT2D eigenvalue weighted by atomic mass is 9.86. The molecule has 1 N–H and O–H groups in total. The van der Waals surface area contributed by atoms with Crippen LogP contribution in [-0.2, 0) is 11.8 Å². The summed E-state index contributed by atoms with van der Waals surface area (Å²) in [6.45, 7) is 6.03. The minimum atomic E-state index is -2.31. The Bertz CT molecular complexity index is 924. The fourth-order valence-corrected chi connectivity index (χ4v) is 3.00. The van der Waals surface area contributed by atoms with Gasteiger partial charge in [-0.05, 0) is 22.6 Å². The molecule has 0 saturated heterocycles. The summed E-state index contributed by atoms with van der Waals surface area (Å²) in [6, 6.07) is 5.72. The normalized spacial score (nSPS) is 15.9. The average molecular weight is 399 g/mol. The van der Waals surface area contributed by atoms with Crippen LogP contribution in [-0.4, -0.2) is 18.6 Å². The van der Waals surface area contributed by atoms with E-state index < -0.39 is 46.7 Å². The Balaban J connectivity index is 1.71. The van der Waals surface area contributed by atoms with Gasteiger partial charge in [0.05, 0.1) is 6.54 Å². The minimum Gasteiger partial charge on any atom is -0.488 e. The maximum Gasteiger partial charge on any atom is 0.257 e. The molecule has 0 aromatic heterocycles. The van der Waals surface area contributed by atoms with Crippen molar-refractivity contribution in [2.24, 2.45) is 0 Å². The van der Waals surface area contributed by atoms with E-state index in [2.05, 4.69) is 26.1 Å². The van der Waals surface area contributed by atoms with E-state index in [1.165, 1.54) is 0 Å². The summed E-state index contributed by atoms with van der Waals surface area (Å²) < 4.78 is 72.7. The maximum absolute atomic E-state index is 13.7. The van der Waals surface area contributed by atoms with E-state index in [9.17, 15) is 26.7 Å². The summed E-state index contributed by atoms with van der Waals surface area (Å²) in [5.74, 6) is -11.7. The number of hydrogen-bond donors (Lipinski definition) is 1. The molecule has 0 aliphatic carbocycles. The smallest absolute Gasteiger partial charge is 0.257 e. The second kappa shape index (κ2) is 7.07. The molecule has 3 nitrogen and oxygen atoms in total. The first-order valence-electron chi connectivity index (χ1n) is 8.60. The average Bonchev–Trinajstić information content (AvgIpc) is 3.04. The summed E-state index contributed by atoms with van der Waals surface area (Å²) in [5, 5.41) is 2.18. The third kappa shape index (κ3) is 3.55. The van der Waals surface area contributed by atoms with Crippen LogP contribution < -0.4 is 10.1 Å². The van der Waals surface area contributed by atoms with E-state index in [4.69, 9.17) is 4.74 Å². The van der Waals surface area contributed by atoms with E-state index in [1.807, 2.05) is 18.2 Å². The molecule has 3 rings (SSSR count). The van der Waals surface area contributed by atoms with Crippen molar-refractivity contribution in [2.75, 3.05) is 6.54 Å². The molecular formula is C20H18F5NO2. The molecule has 1 unspecified atom stereocenters. The van der Waals surface area contributed by atoms with E-state index in [0.29, 0.717) is 12.2 Å². The van der Waals surface area contributed by atoms with Crippen LogP contribution in [0.2, 0.25) is 0 Å². The molecule has 1 atom stereocenters. The summed E-state index contributed by atoms with van der Waals surface area (Å²) in [6.07, 6.45) is -0.0770. The first-order valence-corrected chi connectivity index (χ1v) is 8.60. The van der Waals surface area contributed by atoms with Gasteiger partial charge in [0.2, 0.25) is 5.82 Å². The molecular weight excluding hydrogens is 381 g/mol. The molecule has 1 heterocycles. The zero-order chi connectivity index (χ0) is 20.8. The highest BCUT2D eigenvalue weighted by molar-refractivity contribution is 5.94. The predicted molar refractivity (Wildman–Crippen MR) is 91.8 cm³/mol. The fraction of sp³-hybridized carbons (Fsp3) is 0.350. The van der Waals surface area contributed by atoms with Crippen LogP contribution in [0.25, 0.3) is 0 Å². The first-order chi connectivity index (χ1) is 13.0. The van der Waals surface area contributed by atoms with E-state index in [-0.39, 0.29) is 12.0 Å². The standard InChI is InChI=1S/C20H18F5NO2/c1-20(2,3)10-4-5-12-9(6-10)7-11(28-12)8-26-19(27)13-14(21)16(23)18(25)17(24)15(13)22/h4-6,11H,7-8H2,1-3H3,(H,26,27). The third-order valence-corrected chi connectivity index (χ3v) is 4.59. The number of rotatable bonds is 3. The molecule has 8 heteroatoms. The summed E-state index contributed by atoms with van der Waals surface area (Å²) in [4.78, 5) is 12.0. The van der Waals surface area contributed by atoms with Crippen molar-refractivity contribution in [2.45, 2.75) is 38.7 Å². The number of fused-ring (bicyclic) bond motifs is 1. The van der Waals surface area contributed by atoms with Crippen LogP contribution >= 0.6 is 0 Å². The summed E-state index contributed by atoms with van der Waals surface area (Å²) in [7, 11) is 0. The Morgan fingerprint density at radius 3 is 2.18 bits per heavy atom. The largest absolute Gasteiger partial charge is 0.488 e. The van der Waals surface area contributed by atoms with Crippen LogP contribution in [0.3, 0.4) is 0 Å². The van der Waals surface area contributed by atoms with Crippen molar-refractivity contribution in [3.8, 4) is 5.75 Å². The van der Waals surface area contributed by atoms with Gasteiger partial charge in [0.15, 0.2) is 23.3 Å². The van der Waals surface area contributed by atoms with Gasteiger partial charge in [-0.2, -0.15) is 0 Å². The number of nitrogens with one attached hydrogen (secondary N) is 1. The fourth-order valence-electron chi connectivity index (χ4n) is 3.00. The highest BCUT2D eigenvalue weighted by Crippen LogP contribution is 2.33. The molecule has 2 aromatic rings. The lowest BCUT2D eigenvalue weighted by Gasteiger charge is -2.19. The number of carbonyl (C=O) groups excluding carboxylic acids is 1. The van der Waals surface area contributed by atoms with Gasteiger partial charge in [0.25, 0.3) is 5.91 Å². The van der Waals surface area contributed by atoms with Gasteiger partial charge in [-0.3, -0.25) is 4.79 Å². The molecule has 0 radical (unpaired) electrons. The molecule has 0 fully saturated rings. The van der Waals surface area contributed by atoms with Crippen molar-refractivity contribution in [1.29, 1.82) is 0 Å². The topological polar surface area (TPSA) is 38.3 Å². The third-order valence-electron chi connectivity index (χ3n) is 4.59. The molecule has 1 aliphatic heterocycles. The molecule has 1 amide bonds. The Kier molecular flexibility index (Phi) is 5.08. The predicted octanol–water partition coefficient (Wildman–Crippen LogP) is 4.41. The van der Waals surface area contributed by atoms with E-state index >= 15 is 0 Å². The number of carbonyl (C=O) groups is 1. The van der Waals surface area contributed by atoms with E-state index in [1.54, 1.807) is 0 Å². The minimum absolute atomic E-state index is 0.0624. The highest BCUT2D eigenvalue weighted by atomic mass is 19.2. The number of hydrogen-bond acceptors (Lipinski definition) is 2. The van der Waals surface area contributed by atoms with Crippen LogP contribution in [0.5, 0.6) is 5.75 Å². The number of halogens is 5. The summed E-state index contributed by atoms with van der Waals surface area (Å²) >= 11 is 0. The van der Waals surface area contributed by atoms with Gasteiger partial charge < -0.3 is 10.1 Å². The molecule has 28 heavy (non-hydrogen) atoms. The monoisotopic (exact) mass is 399 g/mol. The van der Waals surface area contributed by atoms with Crippen molar-refractivity contribution in [1.82, 2.24) is 5.32 Å². The maximum atomic E-state index is 13.7. The second-order valence-corrected chi connectivity index (χ2v) is 7.67. The lowest BCUT2D eigenvalue weighted by molar-refractivity contribution is 0.0921. The molecule has 0 saturated carbocycles. The van der Waals surface area contributed by atoms with Crippen LogP contribution in [0.15, 0.2) is 18.2 Å². The van der Waals surface area contributed by atoms with Gasteiger partial charge in [-0.15, -0.1) is 0 Å². The molecule has 1 aliphatic rings. The Hall–Kier alpha value is -2.64. The van der Waals surface area contributed by atoms with Crippen LogP contribution in [0.1, 0.15) is 42.3 Å². The van der Waals surface area contributed by atoms with Crippen LogP contribution in [0, 0.1) is 29.1 Å². The number of ether oxygens (including phenoxy) is 1. The van der Waals surface area contributed by atoms with Crippen molar-refractivity contribution >= 4 is 5.91 Å².